The Hall–Kier alpha value is -2.54. The maximum Gasteiger partial charge on any atom is 0.120 e. The molecule has 0 aliphatic carbocycles. The van der Waals surface area contributed by atoms with Crippen LogP contribution in [0.5, 0.6) is 5.75 Å². The van der Waals surface area contributed by atoms with Gasteiger partial charge in [0.1, 0.15) is 12.4 Å². The monoisotopic (exact) mass is 274 g/mol. The summed E-state index contributed by atoms with van der Waals surface area (Å²) in [6, 6.07) is 27.0. The molecule has 0 heterocycles. The Bertz CT molecular complexity index is 717. The standard InChI is InChI=1S/C20H18O/c1-16-8-7-12-19(14-16)21-15-18-11-5-6-13-20(18)17-9-3-2-4-10-17/h2-14H,15H2,1H3. The Kier molecular flexibility index (Phi) is 4.02. The molecule has 0 spiro atoms. The molecule has 0 saturated heterocycles. The van der Waals surface area contributed by atoms with Crippen LogP contribution in [0.2, 0.25) is 0 Å². The lowest BCUT2D eigenvalue weighted by molar-refractivity contribution is 0.306. The van der Waals surface area contributed by atoms with E-state index in [0.29, 0.717) is 6.61 Å². The van der Waals surface area contributed by atoms with E-state index in [-0.39, 0.29) is 0 Å². The number of rotatable bonds is 4. The van der Waals surface area contributed by atoms with Crippen LogP contribution in [-0.2, 0) is 6.61 Å². The summed E-state index contributed by atoms with van der Waals surface area (Å²) in [7, 11) is 0. The fourth-order valence-corrected chi connectivity index (χ4v) is 2.41. The van der Waals surface area contributed by atoms with E-state index in [1.807, 2.05) is 18.2 Å². The van der Waals surface area contributed by atoms with E-state index in [0.717, 1.165) is 5.75 Å². The molecule has 0 fully saturated rings. The van der Waals surface area contributed by atoms with Crippen LogP contribution in [0.1, 0.15) is 11.1 Å². The molecule has 0 saturated carbocycles. The van der Waals surface area contributed by atoms with Crippen molar-refractivity contribution in [1.29, 1.82) is 0 Å². The van der Waals surface area contributed by atoms with E-state index >= 15 is 0 Å². The van der Waals surface area contributed by atoms with Gasteiger partial charge in [-0.1, -0.05) is 66.7 Å². The number of aryl methyl sites for hydroxylation is 1. The third-order valence-electron chi connectivity index (χ3n) is 3.49. The van der Waals surface area contributed by atoms with E-state index in [1.165, 1.54) is 22.3 Å². The number of hydrogen-bond acceptors (Lipinski definition) is 1. The highest BCUT2D eigenvalue weighted by Gasteiger charge is 2.05. The van der Waals surface area contributed by atoms with Gasteiger partial charge in [-0.3, -0.25) is 0 Å². The number of benzene rings is 3. The lowest BCUT2D eigenvalue weighted by Gasteiger charge is -2.11. The summed E-state index contributed by atoms with van der Waals surface area (Å²) in [5.41, 5.74) is 4.86. The Morgan fingerprint density at radius 2 is 1.52 bits per heavy atom. The molecule has 0 bridgehead atoms. The summed E-state index contributed by atoms with van der Waals surface area (Å²) in [6.45, 7) is 2.65. The smallest absolute Gasteiger partial charge is 0.120 e. The summed E-state index contributed by atoms with van der Waals surface area (Å²) < 4.78 is 5.94. The minimum Gasteiger partial charge on any atom is -0.489 e. The fourth-order valence-electron chi connectivity index (χ4n) is 2.41. The molecule has 0 aromatic heterocycles. The first-order valence-corrected chi connectivity index (χ1v) is 7.16. The van der Waals surface area contributed by atoms with Gasteiger partial charge < -0.3 is 4.74 Å². The van der Waals surface area contributed by atoms with Crippen LogP contribution in [0.15, 0.2) is 78.9 Å². The number of ether oxygens (including phenoxy) is 1. The normalized spacial score (nSPS) is 10.3. The Morgan fingerprint density at radius 3 is 2.33 bits per heavy atom. The average molecular weight is 274 g/mol. The van der Waals surface area contributed by atoms with E-state index in [9.17, 15) is 0 Å². The van der Waals surface area contributed by atoms with Crippen molar-refractivity contribution < 1.29 is 4.74 Å². The third kappa shape index (κ3) is 3.32. The molecule has 0 amide bonds. The van der Waals surface area contributed by atoms with E-state index in [2.05, 4.69) is 67.6 Å². The molecular weight excluding hydrogens is 256 g/mol. The van der Waals surface area contributed by atoms with Crippen molar-refractivity contribution in [1.82, 2.24) is 0 Å². The van der Waals surface area contributed by atoms with Gasteiger partial charge in [0.15, 0.2) is 0 Å². The van der Waals surface area contributed by atoms with Crippen molar-refractivity contribution >= 4 is 0 Å². The van der Waals surface area contributed by atoms with E-state index in [1.54, 1.807) is 0 Å². The first-order valence-electron chi connectivity index (χ1n) is 7.16. The molecule has 0 unspecified atom stereocenters. The number of hydrogen-bond donors (Lipinski definition) is 0. The SMILES string of the molecule is Cc1cccc(OCc2ccccc2-c2ccccc2)c1. The van der Waals surface area contributed by atoms with Crippen molar-refractivity contribution in [3.8, 4) is 16.9 Å². The first kappa shape index (κ1) is 13.4. The quantitative estimate of drug-likeness (QED) is 0.632. The van der Waals surface area contributed by atoms with Gasteiger partial charge in [0.25, 0.3) is 0 Å². The Morgan fingerprint density at radius 1 is 0.762 bits per heavy atom. The molecule has 3 aromatic carbocycles. The third-order valence-corrected chi connectivity index (χ3v) is 3.49. The molecule has 104 valence electrons. The van der Waals surface area contributed by atoms with Crippen molar-refractivity contribution in [3.05, 3.63) is 90.0 Å². The van der Waals surface area contributed by atoms with E-state index < -0.39 is 0 Å². The zero-order chi connectivity index (χ0) is 14.5. The molecule has 0 N–H and O–H groups in total. The highest BCUT2D eigenvalue weighted by atomic mass is 16.5. The average Bonchev–Trinajstić information content (AvgIpc) is 2.54. The van der Waals surface area contributed by atoms with Crippen LogP contribution >= 0.6 is 0 Å². The zero-order valence-electron chi connectivity index (χ0n) is 12.1. The van der Waals surface area contributed by atoms with Crippen LogP contribution in [0.3, 0.4) is 0 Å². The van der Waals surface area contributed by atoms with Crippen LogP contribution in [0, 0.1) is 6.92 Å². The van der Waals surface area contributed by atoms with Crippen molar-refractivity contribution in [3.63, 3.8) is 0 Å². The van der Waals surface area contributed by atoms with Gasteiger partial charge in [-0.25, -0.2) is 0 Å². The zero-order valence-corrected chi connectivity index (χ0v) is 12.1. The minimum atomic E-state index is 0.578. The summed E-state index contributed by atoms with van der Waals surface area (Å²) >= 11 is 0. The van der Waals surface area contributed by atoms with Crippen molar-refractivity contribution in [2.45, 2.75) is 13.5 Å². The maximum atomic E-state index is 5.94. The molecule has 0 radical (unpaired) electrons. The summed E-state index contributed by atoms with van der Waals surface area (Å²) in [5.74, 6) is 0.915. The molecule has 0 aliphatic heterocycles. The summed E-state index contributed by atoms with van der Waals surface area (Å²) in [6.07, 6.45) is 0. The van der Waals surface area contributed by atoms with Gasteiger partial charge in [0.05, 0.1) is 0 Å². The van der Waals surface area contributed by atoms with E-state index in [4.69, 9.17) is 4.74 Å². The molecule has 21 heavy (non-hydrogen) atoms. The summed E-state index contributed by atoms with van der Waals surface area (Å²) in [5, 5.41) is 0. The van der Waals surface area contributed by atoms with Crippen LogP contribution in [0.4, 0.5) is 0 Å². The van der Waals surface area contributed by atoms with Gasteiger partial charge in [0, 0.05) is 0 Å². The lowest BCUT2D eigenvalue weighted by atomic mass is 10.0. The predicted octanol–water partition coefficient (Wildman–Crippen LogP) is 5.24. The highest BCUT2D eigenvalue weighted by molar-refractivity contribution is 5.67. The maximum absolute atomic E-state index is 5.94. The minimum absolute atomic E-state index is 0.578. The second-order valence-corrected chi connectivity index (χ2v) is 5.13. The van der Waals surface area contributed by atoms with Gasteiger partial charge in [-0.15, -0.1) is 0 Å². The molecule has 1 nitrogen and oxygen atoms in total. The first-order chi connectivity index (χ1) is 10.3. The Balaban J connectivity index is 1.83. The molecule has 3 aromatic rings. The van der Waals surface area contributed by atoms with Gasteiger partial charge in [-0.2, -0.15) is 0 Å². The van der Waals surface area contributed by atoms with Gasteiger partial charge >= 0.3 is 0 Å². The predicted molar refractivity (Wildman–Crippen MR) is 87.4 cm³/mol. The van der Waals surface area contributed by atoms with Crippen molar-refractivity contribution in [2.24, 2.45) is 0 Å². The van der Waals surface area contributed by atoms with Gasteiger partial charge in [-0.05, 0) is 41.3 Å². The van der Waals surface area contributed by atoms with Gasteiger partial charge in [0.2, 0.25) is 0 Å². The highest BCUT2D eigenvalue weighted by Crippen LogP contribution is 2.24. The molecule has 1 heteroatoms. The Labute approximate surface area is 125 Å². The van der Waals surface area contributed by atoms with Crippen LogP contribution in [0.25, 0.3) is 11.1 Å². The summed E-state index contributed by atoms with van der Waals surface area (Å²) in [4.78, 5) is 0. The molecular formula is C20H18O. The van der Waals surface area contributed by atoms with Crippen LogP contribution in [-0.4, -0.2) is 0 Å². The fraction of sp³-hybridized carbons (Fsp3) is 0.100. The molecule has 0 aliphatic rings. The largest absolute Gasteiger partial charge is 0.489 e. The van der Waals surface area contributed by atoms with Crippen LogP contribution < -0.4 is 4.74 Å². The second-order valence-electron chi connectivity index (χ2n) is 5.13. The topological polar surface area (TPSA) is 9.23 Å². The lowest BCUT2D eigenvalue weighted by Crippen LogP contribution is -1.98. The molecule has 3 rings (SSSR count). The second kappa shape index (κ2) is 6.27. The molecule has 0 atom stereocenters. The van der Waals surface area contributed by atoms with Crippen molar-refractivity contribution in [2.75, 3.05) is 0 Å².